The molecule has 0 fully saturated rings. The number of hydrogen-bond acceptors (Lipinski definition) is 5. The van der Waals surface area contributed by atoms with Crippen LogP contribution in [0.4, 0.5) is 0 Å². The highest BCUT2D eigenvalue weighted by atomic mass is 16.3. The Balaban J connectivity index is 1.50. The van der Waals surface area contributed by atoms with Crippen molar-refractivity contribution in [1.82, 2.24) is 24.6 Å². The monoisotopic (exact) mass is 323 g/mol. The van der Waals surface area contributed by atoms with E-state index in [0.29, 0.717) is 5.82 Å². The molecule has 0 radical (unpaired) electrons. The molecule has 6 nitrogen and oxygen atoms in total. The number of aromatic nitrogens is 4. The summed E-state index contributed by atoms with van der Waals surface area (Å²) in [5, 5.41) is 4.53. The predicted octanol–water partition coefficient (Wildman–Crippen LogP) is 2.82. The molecule has 0 amide bonds. The molecule has 4 heterocycles. The van der Waals surface area contributed by atoms with Gasteiger partial charge < -0.3 is 4.42 Å². The lowest BCUT2D eigenvalue weighted by molar-refractivity contribution is 0.242. The van der Waals surface area contributed by atoms with E-state index in [0.717, 1.165) is 49.7 Å². The molecule has 4 rings (SSSR count). The maximum atomic E-state index is 5.39. The summed E-state index contributed by atoms with van der Waals surface area (Å²) in [6, 6.07) is 3.75. The summed E-state index contributed by atoms with van der Waals surface area (Å²) in [5.74, 6) is 1.40. The van der Waals surface area contributed by atoms with Gasteiger partial charge in [-0.15, -0.1) is 0 Å². The fourth-order valence-corrected chi connectivity index (χ4v) is 3.15. The molecule has 3 aromatic rings. The number of furan rings is 1. The van der Waals surface area contributed by atoms with Gasteiger partial charge >= 0.3 is 0 Å². The second kappa shape index (κ2) is 6.20. The molecular weight excluding hydrogens is 302 g/mol. The van der Waals surface area contributed by atoms with E-state index >= 15 is 0 Å². The molecule has 1 aliphatic heterocycles. The van der Waals surface area contributed by atoms with Crippen molar-refractivity contribution in [2.45, 2.75) is 39.9 Å². The smallest absolute Gasteiger partial charge is 0.195 e. The lowest BCUT2D eigenvalue weighted by atomic mass is 10.1. The van der Waals surface area contributed by atoms with Gasteiger partial charge in [0.15, 0.2) is 11.6 Å². The standard InChI is InChI=1S/C18H21N5O/c1-3-23-12-15(13(2)21-23)11-22-7-6-16-14(10-22)9-19-18(20-16)17-5-4-8-24-17/h4-5,8-9,12H,3,6-7,10-11H2,1-2H3. The van der Waals surface area contributed by atoms with Gasteiger partial charge in [0, 0.05) is 56.1 Å². The normalized spacial score (nSPS) is 14.8. The molecular formula is C18H21N5O. The molecule has 6 heteroatoms. The van der Waals surface area contributed by atoms with Gasteiger partial charge in [0.25, 0.3) is 0 Å². The Bertz CT molecular complexity index is 837. The summed E-state index contributed by atoms with van der Waals surface area (Å²) in [4.78, 5) is 11.6. The van der Waals surface area contributed by atoms with Crippen LogP contribution < -0.4 is 0 Å². The summed E-state index contributed by atoms with van der Waals surface area (Å²) >= 11 is 0. The quantitative estimate of drug-likeness (QED) is 0.739. The fourth-order valence-electron chi connectivity index (χ4n) is 3.15. The SMILES string of the molecule is CCn1cc(CN2CCc3nc(-c4ccco4)ncc3C2)c(C)n1. The topological polar surface area (TPSA) is 60.0 Å². The summed E-state index contributed by atoms with van der Waals surface area (Å²) < 4.78 is 7.39. The third kappa shape index (κ3) is 2.85. The Kier molecular flexibility index (Phi) is 3.90. The first-order chi connectivity index (χ1) is 11.7. The molecule has 0 saturated carbocycles. The number of rotatable bonds is 4. The van der Waals surface area contributed by atoms with E-state index in [4.69, 9.17) is 4.42 Å². The Morgan fingerprint density at radius 3 is 3.00 bits per heavy atom. The summed E-state index contributed by atoms with van der Waals surface area (Å²) in [6.07, 6.45) is 6.68. The average Bonchev–Trinajstić information content (AvgIpc) is 3.25. The Morgan fingerprint density at radius 1 is 1.33 bits per heavy atom. The summed E-state index contributed by atoms with van der Waals surface area (Å²) in [7, 11) is 0. The van der Waals surface area contributed by atoms with Crippen molar-refractivity contribution in [3.05, 3.63) is 53.3 Å². The van der Waals surface area contributed by atoms with Crippen molar-refractivity contribution >= 4 is 0 Å². The van der Waals surface area contributed by atoms with Crippen LogP contribution in [0.25, 0.3) is 11.6 Å². The number of hydrogen-bond donors (Lipinski definition) is 0. The highest BCUT2D eigenvalue weighted by molar-refractivity contribution is 5.46. The Hall–Kier alpha value is -2.47. The van der Waals surface area contributed by atoms with Crippen LogP contribution in [0.15, 0.2) is 35.2 Å². The minimum Gasteiger partial charge on any atom is -0.461 e. The van der Waals surface area contributed by atoms with Gasteiger partial charge in [0.2, 0.25) is 0 Å². The number of nitrogens with zero attached hydrogens (tertiary/aromatic N) is 5. The van der Waals surface area contributed by atoms with E-state index in [1.54, 1.807) is 6.26 Å². The first-order valence-corrected chi connectivity index (χ1v) is 8.37. The summed E-state index contributed by atoms with van der Waals surface area (Å²) in [6.45, 7) is 7.90. The molecule has 24 heavy (non-hydrogen) atoms. The number of fused-ring (bicyclic) bond motifs is 1. The van der Waals surface area contributed by atoms with E-state index in [2.05, 4.69) is 40.0 Å². The van der Waals surface area contributed by atoms with Crippen molar-refractivity contribution in [2.24, 2.45) is 0 Å². The zero-order valence-electron chi connectivity index (χ0n) is 14.1. The molecule has 0 N–H and O–H groups in total. The molecule has 1 aliphatic rings. The van der Waals surface area contributed by atoms with Crippen molar-refractivity contribution in [3.63, 3.8) is 0 Å². The third-order valence-corrected chi connectivity index (χ3v) is 4.52. The predicted molar refractivity (Wildman–Crippen MR) is 90.2 cm³/mol. The van der Waals surface area contributed by atoms with Crippen LogP contribution in [-0.2, 0) is 26.1 Å². The molecule has 124 valence electrons. The molecule has 0 bridgehead atoms. The zero-order chi connectivity index (χ0) is 16.5. The molecule has 3 aromatic heterocycles. The Labute approximate surface area is 141 Å². The molecule has 0 unspecified atom stereocenters. The van der Waals surface area contributed by atoms with E-state index in [-0.39, 0.29) is 0 Å². The lowest BCUT2D eigenvalue weighted by Gasteiger charge is -2.27. The first kappa shape index (κ1) is 15.1. The van der Waals surface area contributed by atoms with Crippen LogP contribution in [-0.4, -0.2) is 31.2 Å². The van der Waals surface area contributed by atoms with Crippen LogP contribution in [0.1, 0.15) is 29.4 Å². The second-order valence-electron chi connectivity index (χ2n) is 6.20. The first-order valence-electron chi connectivity index (χ1n) is 8.37. The maximum Gasteiger partial charge on any atom is 0.195 e. The van der Waals surface area contributed by atoms with Crippen LogP contribution in [0, 0.1) is 6.92 Å². The minimum atomic E-state index is 0.673. The third-order valence-electron chi connectivity index (χ3n) is 4.52. The minimum absolute atomic E-state index is 0.673. The van der Waals surface area contributed by atoms with E-state index in [1.807, 2.05) is 23.0 Å². The van der Waals surface area contributed by atoms with Crippen molar-refractivity contribution < 1.29 is 4.42 Å². The van der Waals surface area contributed by atoms with Crippen molar-refractivity contribution in [1.29, 1.82) is 0 Å². The van der Waals surface area contributed by atoms with Gasteiger partial charge in [-0.1, -0.05) is 0 Å². The van der Waals surface area contributed by atoms with Crippen LogP contribution in [0.2, 0.25) is 0 Å². The highest BCUT2D eigenvalue weighted by Gasteiger charge is 2.20. The van der Waals surface area contributed by atoms with E-state index in [1.165, 1.54) is 11.1 Å². The lowest BCUT2D eigenvalue weighted by Crippen LogP contribution is -2.31. The van der Waals surface area contributed by atoms with Gasteiger partial charge in [-0.25, -0.2) is 9.97 Å². The Morgan fingerprint density at radius 2 is 2.25 bits per heavy atom. The van der Waals surface area contributed by atoms with Crippen LogP contribution in [0.5, 0.6) is 0 Å². The molecule has 0 aromatic carbocycles. The van der Waals surface area contributed by atoms with Crippen LogP contribution in [0.3, 0.4) is 0 Å². The number of aryl methyl sites for hydroxylation is 2. The maximum absolute atomic E-state index is 5.39. The largest absolute Gasteiger partial charge is 0.461 e. The zero-order valence-corrected chi connectivity index (χ0v) is 14.1. The fraction of sp³-hybridized carbons (Fsp3) is 0.389. The van der Waals surface area contributed by atoms with E-state index < -0.39 is 0 Å². The molecule has 0 aliphatic carbocycles. The van der Waals surface area contributed by atoms with Gasteiger partial charge in [-0.2, -0.15) is 5.10 Å². The second-order valence-corrected chi connectivity index (χ2v) is 6.20. The molecule has 0 saturated heterocycles. The average molecular weight is 323 g/mol. The van der Waals surface area contributed by atoms with Gasteiger partial charge in [-0.05, 0) is 26.0 Å². The highest BCUT2D eigenvalue weighted by Crippen LogP contribution is 2.22. The van der Waals surface area contributed by atoms with Gasteiger partial charge in [0.1, 0.15) is 0 Å². The van der Waals surface area contributed by atoms with Gasteiger partial charge in [-0.3, -0.25) is 9.58 Å². The van der Waals surface area contributed by atoms with Crippen molar-refractivity contribution in [3.8, 4) is 11.6 Å². The summed E-state index contributed by atoms with van der Waals surface area (Å²) in [5.41, 5.74) is 4.76. The molecule has 0 spiro atoms. The molecule has 0 atom stereocenters. The van der Waals surface area contributed by atoms with Crippen LogP contribution >= 0.6 is 0 Å². The van der Waals surface area contributed by atoms with Gasteiger partial charge in [0.05, 0.1) is 17.7 Å². The van der Waals surface area contributed by atoms with E-state index in [9.17, 15) is 0 Å². The van der Waals surface area contributed by atoms with Crippen molar-refractivity contribution in [2.75, 3.05) is 6.54 Å².